The zero-order valence-electron chi connectivity index (χ0n) is 10.0. The lowest BCUT2D eigenvalue weighted by atomic mass is 10.3. The molecule has 0 saturated carbocycles. The van der Waals surface area contributed by atoms with E-state index in [1.165, 1.54) is 7.05 Å². The number of alkyl halides is 3. The predicted molar refractivity (Wildman–Crippen MR) is 65.3 cm³/mol. The fraction of sp³-hybridized carbons (Fsp3) is 0.182. The van der Waals surface area contributed by atoms with Crippen molar-refractivity contribution in [2.45, 2.75) is 6.18 Å². The lowest BCUT2D eigenvalue weighted by molar-refractivity contribution is -0.141. The summed E-state index contributed by atoms with van der Waals surface area (Å²) < 4.78 is 64.5. The Morgan fingerprint density at radius 1 is 1.05 bits per heavy atom. The highest BCUT2D eigenvalue weighted by Gasteiger charge is 2.35. The quantitative estimate of drug-likeness (QED) is 0.858. The third kappa shape index (κ3) is 3.19. The summed E-state index contributed by atoms with van der Waals surface area (Å²) in [5.41, 5.74) is -1.29. The van der Waals surface area contributed by atoms with Gasteiger partial charge in [0.05, 0.1) is 5.69 Å². The van der Waals surface area contributed by atoms with Crippen molar-refractivity contribution in [3.05, 3.63) is 41.6 Å². The van der Waals surface area contributed by atoms with Crippen molar-refractivity contribution in [3.8, 4) is 5.69 Å². The number of nitrogens with one attached hydrogen (secondary N) is 1. The highest BCUT2D eigenvalue weighted by Crippen LogP contribution is 2.31. The molecule has 0 amide bonds. The minimum Gasteiger partial charge on any atom is -0.373 e. The normalized spacial score (nSPS) is 11.1. The van der Waals surface area contributed by atoms with Crippen molar-refractivity contribution in [3.63, 3.8) is 0 Å². The Labute approximate surface area is 116 Å². The van der Waals surface area contributed by atoms with E-state index in [1.54, 1.807) is 0 Å². The average molecular weight is 314 g/mol. The SMILES string of the molecule is CNc1cc(C(F)(F)F)nn1-c1cc(F)cc(F)c1.Cl. The molecule has 2 aromatic rings. The van der Waals surface area contributed by atoms with Crippen molar-refractivity contribution in [2.75, 3.05) is 12.4 Å². The second kappa shape index (κ2) is 5.66. The van der Waals surface area contributed by atoms with E-state index in [-0.39, 0.29) is 23.9 Å². The molecule has 0 radical (unpaired) electrons. The van der Waals surface area contributed by atoms with Crippen LogP contribution in [0.1, 0.15) is 5.69 Å². The van der Waals surface area contributed by atoms with Crippen molar-refractivity contribution in [1.82, 2.24) is 9.78 Å². The summed E-state index contributed by atoms with van der Waals surface area (Å²) in [6, 6.07) is 3.15. The van der Waals surface area contributed by atoms with Crippen LogP contribution in [0.15, 0.2) is 24.3 Å². The van der Waals surface area contributed by atoms with Crippen molar-refractivity contribution in [2.24, 2.45) is 0 Å². The number of anilines is 1. The van der Waals surface area contributed by atoms with Gasteiger partial charge in [0.2, 0.25) is 0 Å². The van der Waals surface area contributed by atoms with Crippen LogP contribution in [0.2, 0.25) is 0 Å². The van der Waals surface area contributed by atoms with Gasteiger partial charge >= 0.3 is 6.18 Å². The van der Waals surface area contributed by atoms with Crippen molar-refractivity contribution in [1.29, 1.82) is 0 Å². The Kier molecular flexibility index (Phi) is 4.59. The van der Waals surface area contributed by atoms with Gasteiger partial charge in [0.15, 0.2) is 5.69 Å². The van der Waals surface area contributed by atoms with E-state index in [2.05, 4.69) is 10.4 Å². The Balaban J connectivity index is 0.00000200. The van der Waals surface area contributed by atoms with Gasteiger partial charge in [0, 0.05) is 19.2 Å². The maximum atomic E-state index is 13.1. The number of benzene rings is 1. The summed E-state index contributed by atoms with van der Waals surface area (Å²) in [5, 5.41) is 5.78. The lowest BCUT2D eigenvalue weighted by Gasteiger charge is -2.07. The molecule has 110 valence electrons. The van der Waals surface area contributed by atoms with E-state index in [9.17, 15) is 22.0 Å². The molecule has 0 aliphatic heterocycles. The molecule has 0 aliphatic rings. The third-order valence-corrected chi connectivity index (χ3v) is 2.35. The molecule has 2 rings (SSSR count). The molecule has 1 aromatic heterocycles. The molecule has 0 unspecified atom stereocenters. The van der Waals surface area contributed by atoms with Gasteiger partial charge < -0.3 is 5.32 Å². The molecule has 9 heteroatoms. The van der Waals surface area contributed by atoms with E-state index >= 15 is 0 Å². The van der Waals surface area contributed by atoms with Gasteiger partial charge in [0.1, 0.15) is 17.5 Å². The van der Waals surface area contributed by atoms with Gasteiger partial charge in [-0.1, -0.05) is 0 Å². The number of nitrogens with zero attached hydrogens (tertiary/aromatic N) is 2. The lowest BCUT2D eigenvalue weighted by Crippen LogP contribution is -2.08. The van der Waals surface area contributed by atoms with E-state index in [1.807, 2.05) is 0 Å². The van der Waals surface area contributed by atoms with Crippen molar-refractivity contribution >= 4 is 18.2 Å². The van der Waals surface area contributed by atoms with E-state index in [0.29, 0.717) is 6.07 Å². The third-order valence-electron chi connectivity index (χ3n) is 2.35. The van der Waals surface area contributed by atoms with Crippen LogP contribution in [0.5, 0.6) is 0 Å². The van der Waals surface area contributed by atoms with Crippen LogP contribution < -0.4 is 5.32 Å². The van der Waals surface area contributed by atoms with Gasteiger partial charge in [-0.15, -0.1) is 12.4 Å². The van der Waals surface area contributed by atoms with Crippen LogP contribution in [-0.2, 0) is 6.18 Å². The molecule has 0 fully saturated rings. The van der Waals surface area contributed by atoms with Crippen molar-refractivity contribution < 1.29 is 22.0 Å². The Hall–Kier alpha value is -1.83. The van der Waals surface area contributed by atoms with Crippen LogP contribution >= 0.6 is 12.4 Å². The Bertz CT molecular complexity index is 588. The van der Waals surface area contributed by atoms with Crippen LogP contribution in [0.25, 0.3) is 5.69 Å². The standard InChI is InChI=1S/C11H8F5N3.ClH/c1-17-10-5-9(11(14,15)16)18-19(10)8-3-6(12)2-7(13)4-8;/h2-5,17H,1H3;1H. The second-order valence-corrected chi connectivity index (χ2v) is 3.70. The first-order valence-electron chi connectivity index (χ1n) is 5.13. The Morgan fingerprint density at radius 3 is 2.05 bits per heavy atom. The maximum absolute atomic E-state index is 13.1. The van der Waals surface area contributed by atoms with Crippen LogP contribution in [0, 0.1) is 11.6 Å². The zero-order valence-corrected chi connectivity index (χ0v) is 10.8. The molecule has 0 aliphatic carbocycles. The summed E-state index contributed by atoms with van der Waals surface area (Å²) >= 11 is 0. The van der Waals surface area contributed by atoms with Gasteiger partial charge in [-0.05, 0) is 12.1 Å². The highest BCUT2D eigenvalue weighted by molar-refractivity contribution is 5.85. The molecule has 0 spiro atoms. The molecule has 20 heavy (non-hydrogen) atoms. The maximum Gasteiger partial charge on any atom is 0.435 e. The number of hydrogen-bond donors (Lipinski definition) is 1. The number of aromatic nitrogens is 2. The monoisotopic (exact) mass is 313 g/mol. The minimum absolute atomic E-state index is 0. The molecule has 0 atom stereocenters. The van der Waals surface area contributed by atoms with Gasteiger partial charge in [0.25, 0.3) is 0 Å². The summed E-state index contributed by atoms with van der Waals surface area (Å²) in [7, 11) is 1.38. The fourth-order valence-electron chi connectivity index (χ4n) is 1.56. The summed E-state index contributed by atoms with van der Waals surface area (Å²) in [5.74, 6) is -1.83. The first-order chi connectivity index (χ1) is 8.81. The van der Waals surface area contributed by atoms with Gasteiger partial charge in [-0.2, -0.15) is 18.3 Å². The average Bonchev–Trinajstić information content (AvgIpc) is 2.71. The van der Waals surface area contributed by atoms with Crippen LogP contribution in [0.3, 0.4) is 0 Å². The zero-order chi connectivity index (χ0) is 14.2. The molecule has 1 heterocycles. The molecule has 3 nitrogen and oxygen atoms in total. The predicted octanol–water partition coefficient (Wildman–Crippen LogP) is 3.63. The largest absolute Gasteiger partial charge is 0.435 e. The van der Waals surface area contributed by atoms with Crippen LogP contribution in [-0.4, -0.2) is 16.8 Å². The van der Waals surface area contributed by atoms with E-state index in [4.69, 9.17) is 0 Å². The van der Waals surface area contributed by atoms with Gasteiger partial charge in [-0.25, -0.2) is 13.5 Å². The Morgan fingerprint density at radius 2 is 1.60 bits per heavy atom. The summed E-state index contributed by atoms with van der Waals surface area (Å²) in [6.45, 7) is 0. The molecular weight excluding hydrogens is 305 g/mol. The molecule has 0 bridgehead atoms. The number of halogens is 6. The van der Waals surface area contributed by atoms with E-state index < -0.39 is 23.5 Å². The highest BCUT2D eigenvalue weighted by atomic mass is 35.5. The first-order valence-corrected chi connectivity index (χ1v) is 5.13. The summed E-state index contributed by atoms with van der Waals surface area (Å²) in [6.07, 6.45) is -4.64. The smallest absolute Gasteiger partial charge is 0.373 e. The van der Waals surface area contributed by atoms with E-state index in [0.717, 1.165) is 22.9 Å². The van der Waals surface area contributed by atoms with Gasteiger partial charge in [-0.3, -0.25) is 0 Å². The number of hydrogen-bond acceptors (Lipinski definition) is 2. The first kappa shape index (κ1) is 16.2. The second-order valence-electron chi connectivity index (χ2n) is 3.70. The molecule has 1 N–H and O–H groups in total. The number of rotatable bonds is 2. The molecule has 0 saturated heterocycles. The molecule has 1 aromatic carbocycles. The molecular formula is C11H9ClF5N3. The van der Waals surface area contributed by atoms with Crippen LogP contribution in [0.4, 0.5) is 27.8 Å². The summed E-state index contributed by atoms with van der Waals surface area (Å²) in [4.78, 5) is 0. The fourth-order valence-corrected chi connectivity index (χ4v) is 1.56. The minimum atomic E-state index is -4.64. The topological polar surface area (TPSA) is 29.9 Å².